The van der Waals surface area contributed by atoms with Gasteiger partial charge >= 0.3 is 0 Å². The van der Waals surface area contributed by atoms with Crippen LogP contribution in [0.2, 0.25) is 0 Å². The van der Waals surface area contributed by atoms with Crippen LogP contribution < -0.4 is 5.32 Å². The van der Waals surface area contributed by atoms with Crippen molar-refractivity contribution in [1.29, 1.82) is 0 Å². The summed E-state index contributed by atoms with van der Waals surface area (Å²) in [4.78, 5) is 17.9. The molecule has 2 aliphatic carbocycles. The highest BCUT2D eigenvalue weighted by Crippen LogP contribution is 2.48. The topological polar surface area (TPSA) is 35.6 Å². The average molecular weight is 341 g/mol. The molecule has 4 atom stereocenters. The highest BCUT2D eigenvalue weighted by molar-refractivity contribution is 5.80. The van der Waals surface area contributed by atoms with Crippen LogP contribution in [0.5, 0.6) is 0 Å². The molecule has 1 N–H and O–H groups in total. The van der Waals surface area contributed by atoms with Crippen molar-refractivity contribution in [1.82, 2.24) is 15.1 Å². The summed E-state index contributed by atoms with van der Waals surface area (Å²) in [6.45, 7) is 5.32. The van der Waals surface area contributed by atoms with E-state index in [0.717, 1.165) is 45.1 Å². The van der Waals surface area contributed by atoms with Gasteiger partial charge in [-0.2, -0.15) is 0 Å². The molecule has 1 aromatic carbocycles. The van der Waals surface area contributed by atoms with Crippen LogP contribution in [-0.4, -0.2) is 55.5 Å². The molecule has 2 bridgehead atoms. The summed E-state index contributed by atoms with van der Waals surface area (Å²) in [6, 6.07) is 10.6. The van der Waals surface area contributed by atoms with E-state index in [1.807, 2.05) is 6.07 Å². The van der Waals surface area contributed by atoms with Crippen LogP contribution in [0.4, 0.5) is 0 Å². The second kappa shape index (κ2) is 7.46. The highest BCUT2D eigenvalue weighted by Gasteiger charge is 2.43. The highest BCUT2D eigenvalue weighted by atomic mass is 16.2. The predicted molar refractivity (Wildman–Crippen MR) is 100 cm³/mol. The van der Waals surface area contributed by atoms with E-state index >= 15 is 0 Å². The first-order valence-electron chi connectivity index (χ1n) is 9.95. The fraction of sp³-hybridized carbons (Fsp3) is 0.667. The van der Waals surface area contributed by atoms with Crippen LogP contribution in [0, 0.1) is 17.8 Å². The lowest BCUT2D eigenvalue weighted by atomic mass is 9.88. The predicted octanol–water partition coefficient (Wildman–Crippen LogP) is 2.53. The number of fused-ring (bicyclic) bond motifs is 2. The Labute approximate surface area is 151 Å². The molecule has 25 heavy (non-hydrogen) atoms. The Hall–Kier alpha value is -1.39. The first kappa shape index (κ1) is 17.0. The van der Waals surface area contributed by atoms with Crippen molar-refractivity contribution in [2.45, 2.75) is 31.7 Å². The summed E-state index contributed by atoms with van der Waals surface area (Å²) in [5.74, 6) is 2.02. The summed E-state index contributed by atoms with van der Waals surface area (Å²) in [5, 5.41) is 3.42. The molecule has 136 valence electrons. The number of nitrogens with zero attached hydrogens (tertiary/aromatic N) is 2. The van der Waals surface area contributed by atoms with Crippen molar-refractivity contribution in [2.24, 2.45) is 17.8 Å². The van der Waals surface area contributed by atoms with Crippen LogP contribution in [0.1, 0.15) is 37.3 Å². The van der Waals surface area contributed by atoms with Crippen LogP contribution >= 0.6 is 0 Å². The van der Waals surface area contributed by atoms with Crippen molar-refractivity contribution in [3.63, 3.8) is 0 Å². The van der Waals surface area contributed by atoms with Crippen LogP contribution in [0.25, 0.3) is 0 Å². The lowest BCUT2D eigenvalue weighted by Crippen LogP contribution is -2.48. The molecule has 2 saturated carbocycles. The zero-order chi connectivity index (χ0) is 17.2. The molecule has 0 radical (unpaired) electrons. The maximum Gasteiger partial charge on any atom is 0.223 e. The van der Waals surface area contributed by atoms with Crippen molar-refractivity contribution in [2.75, 3.05) is 39.8 Å². The van der Waals surface area contributed by atoms with Gasteiger partial charge in [0, 0.05) is 38.6 Å². The van der Waals surface area contributed by atoms with E-state index in [9.17, 15) is 4.79 Å². The minimum Gasteiger partial charge on any atom is -0.348 e. The number of hydrogen-bond donors (Lipinski definition) is 1. The molecule has 1 amide bonds. The van der Waals surface area contributed by atoms with E-state index in [4.69, 9.17) is 0 Å². The van der Waals surface area contributed by atoms with Crippen molar-refractivity contribution < 1.29 is 4.79 Å². The SMILES string of the molecule is CN1CCN(C[C@H](NC(=O)[C@H]2C[C@H]3CC[C@H]2C3)c2ccccc2)CC1. The number of likely N-dealkylation sites (N-methyl/N-ethyl adjacent to an activating group) is 1. The molecule has 3 aliphatic rings. The van der Waals surface area contributed by atoms with Gasteiger partial charge in [-0.1, -0.05) is 36.8 Å². The largest absolute Gasteiger partial charge is 0.348 e. The average Bonchev–Trinajstić information content (AvgIpc) is 3.27. The van der Waals surface area contributed by atoms with Gasteiger partial charge in [-0.25, -0.2) is 0 Å². The third-order valence-electron chi connectivity index (χ3n) is 6.63. The molecule has 1 heterocycles. The molecule has 0 aromatic heterocycles. The van der Waals surface area contributed by atoms with Crippen molar-refractivity contribution in [3.05, 3.63) is 35.9 Å². The summed E-state index contributed by atoms with van der Waals surface area (Å²) in [6.07, 6.45) is 5.01. The number of hydrogen-bond acceptors (Lipinski definition) is 3. The second-order valence-corrected chi connectivity index (χ2v) is 8.36. The summed E-state index contributed by atoms with van der Waals surface area (Å²) < 4.78 is 0. The van der Waals surface area contributed by atoms with E-state index in [-0.39, 0.29) is 12.0 Å². The van der Waals surface area contributed by atoms with Crippen molar-refractivity contribution >= 4 is 5.91 Å². The first-order chi connectivity index (χ1) is 12.2. The standard InChI is InChI=1S/C21H31N3O/c1-23-9-11-24(12-10-23)15-20(17-5-3-2-4-6-17)22-21(25)19-14-16-7-8-18(19)13-16/h2-6,16,18-20H,7-15H2,1H3,(H,22,25)/t16-,18-,19-,20-/m0/s1. The van der Waals surface area contributed by atoms with Gasteiger partial charge in [0.15, 0.2) is 0 Å². The van der Waals surface area contributed by atoms with E-state index in [1.165, 1.54) is 24.8 Å². The van der Waals surface area contributed by atoms with Gasteiger partial charge in [0.25, 0.3) is 0 Å². The Kier molecular flexibility index (Phi) is 5.09. The maximum absolute atomic E-state index is 13.0. The Morgan fingerprint density at radius 2 is 1.88 bits per heavy atom. The molecule has 3 fully saturated rings. The fourth-order valence-corrected chi connectivity index (χ4v) is 5.05. The number of amides is 1. The molecule has 0 unspecified atom stereocenters. The van der Waals surface area contributed by atoms with Gasteiger partial charge in [-0.05, 0) is 43.7 Å². The van der Waals surface area contributed by atoms with Gasteiger partial charge in [0.05, 0.1) is 6.04 Å². The van der Waals surface area contributed by atoms with Gasteiger partial charge in [0.2, 0.25) is 5.91 Å². The lowest BCUT2D eigenvalue weighted by Gasteiger charge is -2.35. The molecule has 1 aliphatic heterocycles. The summed E-state index contributed by atoms with van der Waals surface area (Å²) >= 11 is 0. The van der Waals surface area contributed by atoms with Crippen molar-refractivity contribution in [3.8, 4) is 0 Å². The monoisotopic (exact) mass is 341 g/mol. The van der Waals surface area contributed by atoms with E-state index in [2.05, 4.69) is 46.4 Å². The number of benzene rings is 1. The van der Waals surface area contributed by atoms with Crippen LogP contribution in [-0.2, 0) is 4.79 Å². The Morgan fingerprint density at radius 3 is 2.52 bits per heavy atom. The molecular formula is C21H31N3O. The summed E-state index contributed by atoms with van der Waals surface area (Å²) in [7, 11) is 2.18. The number of piperazine rings is 1. The zero-order valence-electron chi connectivity index (χ0n) is 15.4. The number of nitrogens with one attached hydrogen (secondary N) is 1. The Bertz CT molecular complexity index is 582. The van der Waals surface area contributed by atoms with E-state index in [0.29, 0.717) is 11.8 Å². The normalized spacial score (nSPS) is 31.2. The number of carbonyl (C=O) groups excluding carboxylic acids is 1. The molecule has 1 saturated heterocycles. The van der Waals surface area contributed by atoms with Crippen LogP contribution in [0.15, 0.2) is 30.3 Å². The third kappa shape index (κ3) is 3.90. The van der Waals surface area contributed by atoms with Gasteiger partial charge in [-0.15, -0.1) is 0 Å². The molecule has 4 rings (SSSR count). The van der Waals surface area contributed by atoms with Gasteiger partial charge in [0.1, 0.15) is 0 Å². The summed E-state index contributed by atoms with van der Waals surface area (Å²) in [5.41, 5.74) is 1.23. The molecule has 1 aromatic rings. The quantitative estimate of drug-likeness (QED) is 0.894. The smallest absolute Gasteiger partial charge is 0.223 e. The van der Waals surface area contributed by atoms with E-state index in [1.54, 1.807) is 0 Å². The Balaban J connectivity index is 1.43. The number of rotatable bonds is 5. The lowest BCUT2D eigenvalue weighted by molar-refractivity contribution is -0.127. The third-order valence-corrected chi connectivity index (χ3v) is 6.63. The minimum absolute atomic E-state index is 0.108. The molecule has 0 spiro atoms. The maximum atomic E-state index is 13.0. The number of carbonyl (C=O) groups is 1. The first-order valence-corrected chi connectivity index (χ1v) is 9.95. The van der Waals surface area contributed by atoms with Gasteiger partial charge in [-0.3, -0.25) is 9.69 Å². The van der Waals surface area contributed by atoms with Gasteiger partial charge < -0.3 is 10.2 Å². The Morgan fingerprint density at radius 1 is 1.12 bits per heavy atom. The molecule has 4 heteroatoms. The molecule has 4 nitrogen and oxygen atoms in total. The minimum atomic E-state index is 0.108. The fourth-order valence-electron chi connectivity index (χ4n) is 5.05. The second-order valence-electron chi connectivity index (χ2n) is 8.36. The zero-order valence-corrected chi connectivity index (χ0v) is 15.4. The molecular weight excluding hydrogens is 310 g/mol. The van der Waals surface area contributed by atoms with E-state index < -0.39 is 0 Å². The van der Waals surface area contributed by atoms with Crippen LogP contribution in [0.3, 0.4) is 0 Å².